The van der Waals surface area contributed by atoms with E-state index in [1.807, 2.05) is 12.1 Å². The molecule has 0 saturated carbocycles. The van der Waals surface area contributed by atoms with Crippen molar-refractivity contribution >= 4 is 23.2 Å². The molecular weight excluding hydrogens is 275 g/mol. The number of ether oxygens (including phenoxy) is 1. The second-order valence-corrected chi connectivity index (χ2v) is 4.49. The SMILES string of the molecule is COCc1nn(-c2cccc(Cl)c2)c(Cl)c1CO. The fraction of sp³-hybridized carbons (Fsp3) is 0.250. The molecule has 0 fully saturated rings. The zero-order valence-electron chi connectivity index (χ0n) is 9.73. The van der Waals surface area contributed by atoms with Crippen LogP contribution in [-0.4, -0.2) is 22.0 Å². The molecule has 0 saturated heterocycles. The number of nitrogens with zero attached hydrogens (tertiary/aromatic N) is 2. The standard InChI is InChI=1S/C12H12Cl2N2O2/c1-18-7-11-10(6-17)12(14)16(15-11)9-4-2-3-8(13)5-9/h2-5,17H,6-7H2,1H3. The van der Waals surface area contributed by atoms with Crippen LogP contribution in [0.15, 0.2) is 24.3 Å². The Kier molecular flexibility index (Phi) is 4.24. The van der Waals surface area contributed by atoms with Gasteiger partial charge in [-0.25, -0.2) is 4.68 Å². The lowest BCUT2D eigenvalue weighted by Crippen LogP contribution is -1.98. The van der Waals surface area contributed by atoms with Crippen LogP contribution in [0, 0.1) is 0 Å². The molecule has 96 valence electrons. The number of methoxy groups -OCH3 is 1. The first-order valence-corrected chi connectivity index (χ1v) is 6.05. The van der Waals surface area contributed by atoms with Gasteiger partial charge < -0.3 is 9.84 Å². The minimum atomic E-state index is -0.182. The monoisotopic (exact) mass is 286 g/mol. The molecule has 1 N–H and O–H groups in total. The Balaban J connectivity index is 2.51. The highest BCUT2D eigenvalue weighted by molar-refractivity contribution is 6.31. The summed E-state index contributed by atoms with van der Waals surface area (Å²) in [4.78, 5) is 0. The van der Waals surface area contributed by atoms with Gasteiger partial charge in [0.2, 0.25) is 0 Å². The fourth-order valence-electron chi connectivity index (χ4n) is 1.66. The molecule has 0 spiro atoms. The molecule has 6 heteroatoms. The Morgan fingerprint density at radius 1 is 1.39 bits per heavy atom. The van der Waals surface area contributed by atoms with Gasteiger partial charge in [-0.2, -0.15) is 5.10 Å². The van der Waals surface area contributed by atoms with Crippen molar-refractivity contribution in [2.24, 2.45) is 0 Å². The van der Waals surface area contributed by atoms with E-state index in [0.29, 0.717) is 28.0 Å². The maximum absolute atomic E-state index is 9.32. The number of rotatable bonds is 4. The molecule has 2 rings (SSSR count). The summed E-state index contributed by atoms with van der Waals surface area (Å²) in [7, 11) is 1.56. The van der Waals surface area contributed by atoms with Gasteiger partial charge in [-0.3, -0.25) is 0 Å². The quantitative estimate of drug-likeness (QED) is 0.940. The van der Waals surface area contributed by atoms with Gasteiger partial charge in [-0.15, -0.1) is 0 Å². The molecular formula is C12H12Cl2N2O2. The average Bonchev–Trinajstić information content (AvgIpc) is 2.66. The van der Waals surface area contributed by atoms with E-state index < -0.39 is 0 Å². The zero-order chi connectivity index (χ0) is 13.1. The van der Waals surface area contributed by atoms with E-state index in [9.17, 15) is 5.11 Å². The fourth-order valence-corrected chi connectivity index (χ4v) is 2.15. The third-order valence-corrected chi connectivity index (χ3v) is 3.12. The van der Waals surface area contributed by atoms with Crippen LogP contribution in [0.3, 0.4) is 0 Å². The zero-order valence-corrected chi connectivity index (χ0v) is 11.2. The van der Waals surface area contributed by atoms with Crippen molar-refractivity contribution in [2.75, 3.05) is 7.11 Å². The molecule has 4 nitrogen and oxygen atoms in total. The topological polar surface area (TPSA) is 47.3 Å². The molecule has 0 unspecified atom stereocenters. The maximum Gasteiger partial charge on any atom is 0.138 e. The molecule has 2 aromatic rings. The molecule has 0 aliphatic carbocycles. The number of benzene rings is 1. The van der Waals surface area contributed by atoms with Crippen LogP contribution in [-0.2, 0) is 18.0 Å². The largest absolute Gasteiger partial charge is 0.391 e. The molecule has 18 heavy (non-hydrogen) atoms. The van der Waals surface area contributed by atoms with Gasteiger partial charge in [0.15, 0.2) is 0 Å². The first kappa shape index (κ1) is 13.4. The van der Waals surface area contributed by atoms with Crippen molar-refractivity contribution in [3.05, 3.63) is 45.7 Å². The van der Waals surface area contributed by atoms with Gasteiger partial charge in [0.1, 0.15) is 5.15 Å². The predicted octanol–water partition coefficient (Wildman–Crippen LogP) is 2.82. The summed E-state index contributed by atoms with van der Waals surface area (Å²) < 4.78 is 6.56. The van der Waals surface area contributed by atoms with E-state index in [0.717, 1.165) is 5.69 Å². The lowest BCUT2D eigenvalue weighted by molar-refractivity contribution is 0.178. The number of aliphatic hydroxyl groups is 1. The Morgan fingerprint density at radius 3 is 2.78 bits per heavy atom. The Morgan fingerprint density at radius 2 is 2.17 bits per heavy atom. The summed E-state index contributed by atoms with van der Waals surface area (Å²) >= 11 is 12.1. The molecule has 0 aliphatic rings. The van der Waals surface area contributed by atoms with Crippen molar-refractivity contribution in [2.45, 2.75) is 13.2 Å². The van der Waals surface area contributed by atoms with Crippen LogP contribution < -0.4 is 0 Å². The van der Waals surface area contributed by atoms with E-state index in [1.165, 1.54) is 4.68 Å². The summed E-state index contributed by atoms with van der Waals surface area (Å²) in [6, 6.07) is 7.16. The first-order chi connectivity index (χ1) is 8.67. The Labute approximate surface area is 115 Å². The second-order valence-electron chi connectivity index (χ2n) is 3.70. The van der Waals surface area contributed by atoms with Gasteiger partial charge in [0.05, 0.1) is 24.6 Å². The van der Waals surface area contributed by atoms with Crippen molar-refractivity contribution in [1.82, 2.24) is 9.78 Å². The van der Waals surface area contributed by atoms with E-state index in [1.54, 1.807) is 19.2 Å². The van der Waals surface area contributed by atoms with Crippen molar-refractivity contribution < 1.29 is 9.84 Å². The number of hydrogen-bond acceptors (Lipinski definition) is 3. The van der Waals surface area contributed by atoms with Crippen molar-refractivity contribution in [1.29, 1.82) is 0 Å². The van der Waals surface area contributed by atoms with Gasteiger partial charge >= 0.3 is 0 Å². The molecule has 0 radical (unpaired) electrons. The van der Waals surface area contributed by atoms with E-state index in [4.69, 9.17) is 27.9 Å². The summed E-state index contributed by atoms with van der Waals surface area (Å²) in [5.41, 5.74) is 1.92. The Bertz CT molecular complexity index is 555. The highest BCUT2D eigenvalue weighted by Crippen LogP contribution is 2.25. The highest BCUT2D eigenvalue weighted by atomic mass is 35.5. The molecule has 1 aromatic heterocycles. The summed E-state index contributed by atoms with van der Waals surface area (Å²) in [5.74, 6) is 0. The van der Waals surface area contributed by atoms with Crippen LogP contribution >= 0.6 is 23.2 Å². The predicted molar refractivity (Wildman–Crippen MR) is 70.2 cm³/mol. The van der Waals surface area contributed by atoms with Crippen LogP contribution in [0.5, 0.6) is 0 Å². The third-order valence-electron chi connectivity index (χ3n) is 2.50. The van der Waals surface area contributed by atoms with Gasteiger partial charge in [0, 0.05) is 17.7 Å². The maximum atomic E-state index is 9.32. The van der Waals surface area contributed by atoms with E-state index >= 15 is 0 Å². The molecule has 0 bridgehead atoms. The normalized spacial score (nSPS) is 10.9. The van der Waals surface area contributed by atoms with Crippen LogP contribution in [0.25, 0.3) is 5.69 Å². The van der Waals surface area contributed by atoms with Crippen molar-refractivity contribution in [3.8, 4) is 5.69 Å². The number of aliphatic hydroxyl groups excluding tert-OH is 1. The minimum absolute atomic E-state index is 0.182. The molecule has 1 heterocycles. The second kappa shape index (κ2) is 5.71. The molecule has 0 atom stereocenters. The molecule has 0 aliphatic heterocycles. The van der Waals surface area contributed by atoms with Gasteiger partial charge in [-0.05, 0) is 18.2 Å². The lowest BCUT2D eigenvalue weighted by Gasteiger charge is -2.03. The van der Waals surface area contributed by atoms with Crippen molar-refractivity contribution in [3.63, 3.8) is 0 Å². The first-order valence-electron chi connectivity index (χ1n) is 5.29. The van der Waals surface area contributed by atoms with Crippen LogP contribution in [0.1, 0.15) is 11.3 Å². The van der Waals surface area contributed by atoms with Gasteiger partial charge in [0.25, 0.3) is 0 Å². The summed E-state index contributed by atoms with van der Waals surface area (Å²) in [6.07, 6.45) is 0. The summed E-state index contributed by atoms with van der Waals surface area (Å²) in [5, 5.41) is 14.6. The summed E-state index contributed by atoms with van der Waals surface area (Å²) in [6.45, 7) is 0.112. The Hall–Kier alpha value is -1.07. The third kappa shape index (κ3) is 2.52. The smallest absolute Gasteiger partial charge is 0.138 e. The number of halogens is 2. The number of hydrogen-bond donors (Lipinski definition) is 1. The minimum Gasteiger partial charge on any atom is -0.391 e. The van der Waals surface area contributed by atoms with E-state index in [2.05, 4.69) is 5.10 Å². The lowest BCUT2D eigenvalue weighted by atomic mass is 10.2. The molecule has 0 amide bonds. The molecule has 1 aromatic carbocycles. The van der Waals surface area contributed by atoms with Crippen LogP contribution in [0.4, 0.5) is 0 Å². The van der Waals surface area contributed by atoms with E-state index in [-0.39, 0.29) is 6.61 Å². The average molecular weight is 287 g/mol. The highest BCUT2D eigenvalue weighted by Gasteiger charge is 2.16. The van der Waals surface area contributed by atoms with Crippen LogP contribution in [0.2, 0.25) is 10.2 Å². The number of aromatic nitrogens is 2. The van der Waals surface area contributed by atoms with Gasteiger partial charge in [-0.1, -0.05) is 29.3 Å².